The van der Waals surface area contributed by atoms with Crippen LogP contribution in [0.5, 0.6) is 0 Å². The largest absolute Gasteiger partial charge is 0.254 e. The van der Waals surface area contributed by atoms with Crippen LogP contribution in [0.1, 0.15) is 6.92 Å². The second-order valence-corrected chi connectivity index (χ2v) is 1.45. The summed E-state index contributed by atoms with van der Waals surface area (Å²) in [4.78, 5) is 0. The van der Waals surface area contributed by atoms with E-state index >= 15 is 0 Å². The molecule has 0 fully saturated rings. The Morgan fingerprint density at radius 3 is 2.33 bits per heavy atom. The smallest absolute Gasteiger partial charge is 0.144 e. The molecule has 0 saturated carbocycles. The second kappa shape index (κ2) is 3.77. The third-order valence-electron chi connectivity index (χ3n) is 0.896. The van der Waals surface area contributed by atoms with E-state index in [4.69, 9.17) is 0 Å². The minimum Gasteiger partial charge on any atom is -0.254 e. The lowest BCUT2D eigenvalue weighted by atomic mass is 10.7. The summed E-state index contributed by atoms with van der Waals surface area (Å²) in [7, 11) is 1.73. The summed E-state index contributed by atoms with van der Waals surface area (Å²) in [5, 5.41) is 12.0. The van der Waals surface area contributed by atoms with Gasteiger partial charge in [-0.2, -0.15) is 10.2 Å². The summed E-state index contributed by atoms with van der Waals surface area (Å²) in [5.41, 5.74) is 0. The third kappa shape index (κ3) is 2.58. The van der Waals surface area contributed by atoms with Crippen LogP contribution in [0.4, 0.5) is 0 Å². The summed E-state index contributed by atoms with van der Waals surface area (Å²) >= 11 is 0. The van der Waals surface area contributed by atoms with E-state index in [1.165, 1.54) is 5.01 Å². The summed E-state index contributed by atoms with van der Waals surface area (Å²) in [6, 6.07) is 0. The van der Waals surface area contributed by atoms with Crippen LogP contribution in [-0.2, 0) is 0 Å². The molecule has 0 aliphatic carbocycles. The second-order valence-electron chi connectivity index (χ2n) is 1.45. The standard InChI is InChI=1S/C5H10N4/c1-5(8-6-2)9(4)7-3/h2-3H2,1,4H3/b8-5-. The van der Waals surface area contributed by atoms with Crippen LogP contribution in [0.2, 0.25) is 0 Å². The first-order valence-corrected chi connectivity index (χ1v) is 2.43. The van der Waals surface area contributed by atoms with Gasteiger partial charge in [0.25, 0.3) is 0 Å². The predicted molar refractivity (Wildman–Crippen MR) is 40.0 cm³/mol. The van der Waals surface area contributed by atoms with Crippen molar-refractivity contribution in [1.29, 1.82) is 0 Å². The molecule has 0 radical (unpaired) electrons. The van der Waals surface area contributed by atoms with Gasteiger partial charge in [0, 0.05) is 20.5 Å². The molecule has 0 atom stereocenters. The summed E-state index contributed by atoms with van der Waals surface area (Å²) in [6.07, 6.45) is 0. The molecular weight excluding hydrogens is 116 g/mol. The van der Waals surface area contributed by atoms with E-state index in [1.807, 2.05) is 0 Å². The molecule has 0 aromatic carbocycles. The summed E-state index contributed by atoms with van der Waals surface area (Å²) in [6.45, 7) is 8.26. The molecule has 0 saturated heterocycles. The van der Waals surface area contributed by atoms with Gasteiger partial charge >= 0.3 is 0 Å². The summed E-state index contributed by atoms with van der Waals surface area (Å²) in [5.74, 6) is 0.667. The van der Waals surface area contributed by atoms with E-state index < -0.39 is 0 Å². The maximum Gasteiger partial charge on any atom is 0.144 e. The average molecular weight is 126 g/mol. The van der Waals surface area contributed by atoms with Gasteiger partial charge in [-0.1, -0.05) is 0 Å². The summed E-state index contributed by atoms with van der Waals surface area (Å²) < 4.78 is 0. The Bertz CT molecular complexity index is 138. The van der Waals surface area contributed by atoms with Gasteiger partial charge in [-0.05, 0) is 6.92 Å². The molecule has 0 bridgehead atoms. The van der Waals surface area contributed by atoms with Crippen molar-refractivity contribution in [3.8, 4) is 0 Å². The highest BCUT2D eigenvalue weighted by atomic mass is 15.5. The molecule has 9 heavy (non-hydrogen) atoms. The van der Waals surface area contributed by atoms with E-state index in [9.17, 15) is 0 Å². The fraction of sp³-hybridized carbons (Fsp3) is 0.400. The molecule has 4 nitrogen and oxygen atoms in total. The van der Waals surface area contributed by atoms with E-state index in [0.29, 0.717) is 5.84 Å². The van der Waals surface area contributed by atoms with Crippen LogP contribution < -0.4 is 0 Å². The van der Waals surface area contributed by atoms with E-state index in [2.05, 4.69) is 28.7 Å². The van der Waals surface area contributed by atoms with Gasteiger partial charge in [0.05, 0.1) is 0 Å². The Morgan fingerprint density at radius 2 is 2.00 bits per heavy atom. The van der Waals surface area contributed by atoms with Gasteiger partial charge in [0.2, 0.25) is 0 Å². The lowest BCUT2D eigenvalue weighted by Crippen LogP contribution is -2.16. The Balaban J connectivity index is 3.99. The quantitative estimate of drug-likeness (QED) is 0.303. The van der Waals surface area contributed by atoms with Gasteiger partial charge < -0.3 is 0 Å². The van der Waals surface area contributed by atoms with Gasteiger partial charge in [-0.15, -0.1) is 5.10 Å². The fourth-order valence-electron chi connectivity index (χ4n) is 0.269. The Hall–Kier alpha value is -1.19. The molecule has 0 unspecified atom stereocenters. The van der Waals surface area contributed by atoms with Crippen LogP contribution in [0, 0.1) is 0 Å². The molecule has 0 aliphatic rings. The fourth-order valence-corrected chi connectivity index (χ4v) is 0.269. The van der Waals surface area contributed by atoms with Gasteiger partial charge in [-0.25, -0.2) is 0 Å². The molecular formula is C5H10N4. The molecule has 0 spiro atoms. The minimum absolute atomic E-state index is 0.667. The number of hydrogen-bond donors (Lipinski definition) is 0. The zero-order chi connectivity index (χ0) is 7.28. The maximum absolute atomic E-state index is 3.62. The van der Waals surface area contributed by atoms with E-state index in [1.54, 1.807) is 14.0 Å². The number of rotatable bonds is 2. The van der Waals surface area contributed by atoms with Gasteiger partial charge in [0.15, 0.2) is 0 Å². The molecule has 0 aromatic heterocycles. The maximum atomic E-state index is 3.62. The Morgan fingerprint density at radius 1 is 1.44 bits per heavy atom. The zero-order valence-electron chi connectivity index (χ0n) is 5.70. The monoisotopic (exact) mass is 126 g/mol. The van der Waals surface area contributed by atoms with Crippen LogP contribution in [-0.4, -0.2) is 31.3 Å². The van der Waals surface area contributed by atoms with Crippen molar-refractivity contribution in [3.63, 3.8) is 0 Å². The average Bonchev–Trinajstić information content (AvgIpc) is 1.87. The lowest BCUT2D eigenvalue weighted by molar-refractivity contribution is 0.544. The lowest BCUT2D eigenvalue weighted by Gasteiger charge is -2.07. The van der Waals surface area contributed by atoms with E-state index in [0.717, 1.165) is 0 Å². The third-order valence-corrected chi connectivity index (χ3v) is 0.896. The van der Waals surface area contributed by atoms with Crippen LogP contribution >= 0.6 is 0 Å². The number of hydrazone groups is 1. The Kier molecular flexibility index (Phi) is 3.27. The first kappa shape index (κ1) is 7.81. The van der Waals surface area contributed by atoms with Gasteiger partial charge in [0.1, 0.15) is 5.84 Å². The van der Waals surface area contributed by atoms with Crippen molar-refractivity contribution in [2.75, 3.05) is 7.05 Å². The normalized spacial score (nSPS) is 10.7. The molecule has 0 heterocycles. The zero-order valence-corrected chi connectivity index (χ0v) is 5.70. The van der Waals surface area contributed by atoms with Crippen molar-refractivity contribution in [1.82, 2.24) is 5.01 Å². The topological polar surface area (TPSA) is 40.3 Å². The molecule has 0 N–H and O–H groups in total. The van der Waals surface area contributed by atoms with Crippen molar-refractivity contribution in [3.05, 3.63) is 0 Å². The molecule has 50 valence electrons. The first-order chi connectivity index (χ1) is 4.22. The molecule has 0 aromatic rings. The van der Waals surface area contributed by atoms with Crippen molar-refractivity contribution >= 4 is 19.3 Å². The first-order valence-electron chi connectivity index (χ1n) is 2.43. The molecule has 0 aliphatic heterocycles. The van der Waals surface area contributed by atoms with Crippen LogP contribution in [0.3, 0.4) is 0 Å². The number of hydrogen-bond acceptors (Lipinski definition) is 3. The predicted octanol–water partition coefficient (Wildman–Crippen LogP) is 0.568. The SMILES string of the molecule is C=N/N=C(/C)N(C)N=C. The highest BCUT2D eigenvalue weighted by molar-refractivity contribution is 5.79. The number of amidine groups is 1. The van der Waals surface area contributed by atoms with Crippen molar-refractivity contribution < 1.29 is 0 Å². The minimum atomic E-state index is 0.667. The van der Waals surface area contributed by atoms with Crippen LogP contribution in [0.15, 0.2) is 15.3 Å². The van der Waals surface area contributed by atoms with Crippen molar-refractivity contribution in [2.45, 2.75) is 6.92 Å². The van der Waals surface area contributed by atoms with Crippen LogP contribution in [0.25, 0.3) is 0 Å². The van der Waals surface area contributed by atoms with Gasteiger partial charge in [-0.3, -0.25) is 5.01 Å². The highest BCUT2D eigenvalue weighted by Crippen LogP contribution is 1.85. The highest BCUT2D eigenvalue weighted by Gasteiger charge is 1.92. The van der Waals surface area contributed by atoms with E-state index in [-0.39, 0.29) is 0 Å². The Labute approximate surface area is 54.6 Å². The molecule has 0 amide bonds. The number of nitrogens with zero attached hydrogens (tertiary/aromatic N) is 4. The molecule has 0 rings (SSSR count). The molecule has 4 heteroatoms. The van der Waals surface area contributed by atoms with Crippen molar-refractivity contribution in [2.24, 2.45) is 15.3 Å².